The number of alkyl halides is 3. The molecule has 1 aromatic heterocycles. The standard InChI is InChI=1S/C20H17F3N4O3S/c21-20(22,23)13-9-15-17(16(10-13)27(29)30)31-19(25-18(15)28)26-7-3-6-24-11-14(26)8-12-4-1-2-5-12/h3,6-7,9-12H,1-2,4-5,8H2. The van der Waals surface area contributed by atoms with Crippen molar-refractivity contribution in [3.8, 4) is 0 Å². The largest absolute Gasteiger partial charge is 0.416 e. The van der Waals surface area contributed by atoms with Gasteiger partial charge < -0.3 is 0 Å². The second kappa shape index (κ2) is 8.22. The molecular formula is C20H17F3N4O3S. The molecular weight excluding hydrogens is 433 g/mol. The molecule has 1 fully saturated rings. The van der Waals surface area contributed by atoms with Crippen molar-refractivity contribution in [2.24, 2.45) is 10.9 Å². The van der Waals surface area contributed by atoms with Crippen molar-refractivity contribution < 1.29 is 18.1 Å². The summed E-state index contributed by atoms with van der Waals surface area (Å²) in [5.41, 5.74) is -2.20. The van der Waals surface area contributed by atoms with Crippen LogP contribution in [0, 0.1) is 16.0 Å². The predicted molar refractivity (Wildman–Crippen MR) is 112 cm³/mol. The zero-order valence-electron chi connectivity index (χ0n) is 16.1. The smallest absolute Gasteiger partial charge is 0.295 e. The normalized spacial score (nSPS) is 17.3. The van der Waals surface area contributed by atoms with Gasteiger partial charge in [-0.2, -0.15) is 18.2 Å². The maximum absolute atomic E-state index is 13.2. The Labute approximate surface area is 178 Å². The Kier molecular flexibility index (Phi) is 5.61. The number of allylic oxidation sites excluding steroid dienone is 2. The van der Waals surface area contributed by atoms with E-state index in [4.69, 9.17) is 0 Å². The number of rotatable bonds is 4. The van der Waals surface area contributed by atoms with Crippen LogP contribution in [0.2, 0.25) is 0 Å². The van der Waals surface area contributed by atoms with E-state index in [1.165, 1.54) is 0 Å². The number of aromatic nitrogens is 1. The van der Waals surface area contributed by atoms with Crippen LogP contribution in [0.1, 0.15) is 37.7 Å². The maximum atomic E-state index is 13.2. The van der Waals surface area contributed by atoms with E-state index >= 15 is 0 Å². The van der Waals surface area contributed by atoms with Gasteiger partial charge in [0, 0.05) is 30.4 Å². The molecule has 0 spiro atoms. The molecule has 0 N–H and O–H groups in total. The maximum Gasteiger partial charge on any atom is 0.416 e. The van der Waals surface area contributed by atoms with Gasteiger partial charge in [0.25, 0.3) is 11.2 Å². The van der Waals surface area contributed by atoms with Gasteiger partial charge in [-0.25, -0.2) is 0 Å². The van der Waals surface area contributed by atoms with Crippen LogP contribution in [0.3, 0.4) is 0 Å². The molecule has 1 aromatic carbocycles. The second-order valence-electron chi connectivity index (χ2n) is 7.41. The quantitative estimate of drug-likeness (QED) is 0.459. The van der Waals surface area contributed by atoms with Crippen molar-refractivity contribution in [1.82, 2.24) is 4.98 Å². The fourth-order valence-corrected chi connectivity index (χ4v) is 4.93. The third kappa shape index (κ3) is 4.36. The van der Waals surface area contributed by atoms with E-state index in [1.54, 1.807) is 29.6 Å². The van der Waals surface area contributed by atoms with Crippen LogP contribution in [-0.4, -0.2) is 16.1 Å². The van der Waals surface area contributed by atoms with Gasteiger partial charge in [0.15, 0.2) is 5.13 Å². The van der Waals surface area contributed by atoms with E-state index in [1.807, 2.05) is 0 Å². The van der Waals surface area contributed by atoms with E-state index in [0.717, 1.165) is 42.7 Å². The molecule has 4 rings (SSSR count). The molecule has 1 aliphatic heterocycles. The molecule has 0 atom stereocenters. The van der Waals surface area contributed by atoms with Crippen LogP contribution in [0.25, 0.3) is 10.1 Å². The molecule has 0 unspecified atom stereocenters. The minimum absolute atomic E-state index is 0.145. The summed E-state index contributed by atoms with van der Waals surface area (Å²) in [4.78, 5) is 33.0. The monoisotopic (exact) mass is 450 g/mol. The fourth-order valence-electron chi connectivity index (χ4n) is 3.85. The number of benzene rings is 1. The molecule has 2 aromatic rings. The van der Waals surface area contributed by atoms with Gasteiger partial charge in [-0.3, -0.25) is 24.8 Å². The highest BCUT2D eigenvalue weighted by atomic mass is 32.1. The number of nitrogens with zero attached hydrogens (tertiary/aromatic N) is 4. The Morgan fingerprint density at radius 1 is 1.26 bits per heavy atom. The summed E-state index contributed by atoms with van der Waals surface area (Å²) in [5.74, 6) is 0.455. The lowest BCUT2D eigenvalue weighted by molar-refractivity contribution is -0.383. The number of nitro groups is 1. The minimum Gasteiger partial charge on any atom is -0.295 e. The van der Waals surface area contributed by atoms with Crippen LogP contribution in [0.4, 0.5) is 24.0 Å². The Bertz CT molecular complexity index is 1180. The second-order valence-corrected chi connectivity index (χ2v) is 8.39. The zero-order valence-corrected chi connectivity index (χ0v) is 16.9. The lowest BCUT2D eigenvalue weighted by Gasteiger charge is -2.23. The number of fused-ring (bicyclic) bond motifs is 1. The highest BCUT2D eigenvalue weighted by molar-refractivity contribution is 7.22. The van der Waals surface area contributed by atoms with Gasteiger partial charge in [-0.05, 0) is 24.5 Å². The first-order chi connectivity index (χ1) is 14.7. The van der Waals surface area contributed by atoms with Gasteiger partial charge in [0.1, 0.15) is 4.70 Å². The van der Waals surface area contributed by atoms with Crippen molar-refractivity contribution in [1.29, 1.82) is 0 Å². The molecule has 1 saturated carbocycles. The SMILES string of the molecule is O=c1nc(N2C=CC=NC=C2CC2CCCC2)sc2c([N+](=O)[O-])cc(C(F)(F)F)cc12. The number of aliphatic imine (C=N–C) groups is 1. The van der Waals surface area contributed by atoms with Crippen LogP contribution in [-0.2, 0) is 6.18 Å². The molecule has 2 aliphatic rings. The van der Waals surface area contributed by atoms with Crippen molar-refractivity contribution in [2.45, 2.75) is 38.3 Å². The van der Waals surface area contributed by atoms with Gasteiger partial charge >= 0.3 is 6.18 Å². The summed E-state index contributed by atoms with van der Waals surface area (Å²) in [6, 6.07) is 1.08. The summed E-state index contributed by atoms with van der Waals surface area (Å²) in [5, 5.41) is 11.2. The van der Waals surface area contributed by atoms with Crippen molar-refractivity contribution >= 4 is 38.5 Å². The molecule has 0 saturated heterocycles. The van der Waals surface area contributed by atoms with Crippen molar-refractivity contribution in [3.05, 3.63) is 62.3 Å². The van der Waals surface area contributed by atoms with E-state index in [2.05, 4.69) is 9.98 Å². The number of halogens is 3. The average molecular weight is 450 g/mol. The third-order valence-corrected chi connectivity index (χ3v) is 6.44. The number of non-ortho nitro benzene ring substituents is 1. The summed E-state index contributed by atoms with van der Waals surface area (Å²) < 4.78 is 39.4. The molecule has 1 aliphatic carbocycles. The fraction of sp³-hybridized carbons (Fsp3) is 0.350. The summed E-state index contributed by atoms with van der Waals surface area (Å²) in [7, 11) is 0. The van der Waals surface area contributed by atoms with Crippen LogP contribution >= 0.6 is 11.3 Å². The first kappa shape index (κ1) is 21.2. The average Bonchev–Trinajstić information content (AvgIpc) is 3.10. The molecule has 7 nitrogen and oxygen atoms in total. The van der Waals surface area contributed by atoms with Gasteiger partial charge in [0.05, 0.1) is 15.9 Å². The molecule has 31 heavy (non-hydrogen) atoms. The number of hydrogen-bond acceptors (Lipinski definition) is 7. The molecule has 0 amide bonds. The summed E-state index contributed by atoms with van der Waals surface area (Å²) in [6.07, 6.45) is 6.82. The van der Waals surface area contributed by atoms with E-state index < -0.39 is 33.3 Å². The van der Waals surface area contributed by atoms with Gasteiger partial charge in [-0.15, -0.1) is 0 Å². The van der Waals surface area contributed by atoms with Gasteiger partial charge in [-0.1, -0.05) is 37.0 Å². The summed E-state index contributed by atoms with van der Waals surface area (Å²) >= 11 is 0.811. The number of anilines is 1. The summed E-state index contributed by atoms with van der Waals surface area (Å²) in [6.45, 7) is 0. The van der Waals surface area contributed by atoms with Crippen LogP contribution in [0.15, 0.2) is 46.1 Å². The van der Waals surface area contributed by atoms with E-state index in [-0.39, 0.29) is 9.83 Å². The molecule has 0 bridgehead atoms. The number of nitro benzene ring substituents is 1. The molecule has 2 heterocycles. The molecule has 0 radical (unpaired) electrons. The van der Waals surface area contributed by atoms with Gasteiger partial charge in [0.2, 0.25) is 0 Å². The van der Waals surface area contributed by atoms with Crippen molar-refractivity contribution in [3.63, 3.8) is 0 Å². The predicted octanol–water partition coefficient (Wildman–Crippen LogP) is 5.41. The Morgan fingerprint density at radius 2 is 2.00 bits per heavy atom. The topological polar surface area (TPSA) is 88.7 Å². The van der Waals surface area contributed by atoms with E-state index in [9.17, 15) is 28.1 Å². The lowest BCUT2D eigenvalue weighted by atomic mass is 10.0. The van der Waals surface area contributed by atoms with Crippen LogP contribution in [0.5, 0.6) is 0 Å². The molecule has 162 valence electrons. The minimum atomic E-state index is -4.82. The Balaban J connectivity index is 1.84. The highest BCUT2D eigenvalue weighted by Gasteiger charge is 2.34. The first-order valence-corrected chi connectivity index (χ1v) is 10.4. The van der Waals surface area contributed by atoms with E-state index in [0.29, 0.717) is 24.5 Å². The Hall–Kier alpha value is -3.08. The Morgan fingerprint density at radius 3 is 2.68 bits per heavy atom. The highest BCUT2D eigenvalue weighted by Crippen LogP contribution is 2.40. The molecule has 11 heteroatoms. The number of hydrogen-bond donors (Lipinski definition) is 0. The lowest BCUT2D eigenvalue weighted by Crippen LogP contribution is -2.21. The first-order valence-electron chi connectivity index (χ1n) is 9.63. The zero-order chi connectivity index (χ0) is 22.2. The third-order valence-electron chi connectivity index (χ3n) is 5.33. The van der Waals surface area contributed by atoms with Crippen molar-refractivity contribution in [2.75, 3.05) is 4.90 Å². The van der Waals surface area contributed by atoms with Crippen LogP contribution < -0.4 is 10.5 Å².